The Morgan fingerprint density at radius 1 is 1.05 bits per heavy atom. The number of halogens is 3. The molecule has 0 unspecified atom stereocenters. The molecule has 2 heterocycles. The summed E-state index contributed by atoms with van der Waals surface area (Å²) in [6.45, 7) is 1.86. The first-order valence-corrected chi connectivity index (χ1v) is 6.57. The second kappa shape index (κ2) is 5.63. The van der Waals surface area contributed by atoms with Gasteiger partial charge in [-0.05, 0) is 36.8 Å². The normalized spacial score (nSPS) is 12.8. The number of benzene rings is 1. The molecule has 0 fully saturated rings. The van der Waals surface area contributed by atoms with Crippen LogP contribution in [0.25, 0.3) is 5.65 Å². The highest BCUT2D eigenvalue weighted by Crippen LogP contribution is 2.20. The lowest BCUT2D eigenvalue weighted by atomic mass is 10.1. The van der Waals surface area contributed by atoms with Gasteiger partial charge in [0, 0.05) is 0 Å². The zero-order valence-corrected chi connectivity index (χ0v) is 11.5. The van der Waals surface area contributed by atoms with Crippen LogP contribution in [0.3, 0.4) is 0 Å². The molecule has 5 nitrogen and oxygen atoms in total. The Kier molecular flexibility index (Phi) is 3.66. The summed E-state index contributed by atoms with van der Waals surface area (Å²) >= 11 is 0. The number of anilines is 1. The minimum atomic E-state index is -2.76. The summed E-state index contributed by atoms with van der Waals surface area (Å²) in [5.74, 6) is -0.430. The average Bonchev–Trinajstić information content (AvgIpc) is 2.91. The standard InChI is InChI=1S/C14H12F3N5/c1-8(9-2-4-10(15)5-3-9)18-11-6-7-12-19-20-14(13(16)17)22(12)21-11/h2-8,13H,1H3,(H,18,21)/t8-/m1/s1. The topological polar surface area (TPSA) is 55.1 Å². The van der Waals surface area contributed by atoms with Crippen LogP contribution in [0.5, 0.6) is 0 Å². The fourth-order valence-corrected chi connectivity index (χ4v) is 2.08. The van der Waals surface area contributed by atoms with E-state index in [1.54, 1.807) is 24.3 Å². The maximum absolute atomic E-state index is 12.9. The maximum atomic E-state index is 12.9. The molecule has 0 aliphatic carbocycles. The van der Waals surface area contributed by atoms with E-state index in [1.807, 2.05) is 6.92 Å². The third-order valence-electron chi connectivity index (χ3n) is 3.22. The molecule has 0 radical (unpaired) electrons. The monoisotopic (exact) mass is 307 g/mol. The van der Waals surface area contributed by atoms with E-state index in [0.717, 1.165) is 10.1 Å². The highest BCUT2D eigenvalue weighted by Gasteiger charge is 2.17. The van der Waals surface area contributed by atoms with Crippen LogP contribution < -0.4 is 5.32 Å². The van der Waals surface area contributed by atoms with Crippen LogP contribution in [0.15, 0.2) is 36.4 Å². The Morgan fingerprint density at radius 3 is 2.45 bits per heavy atom. The summed E-state index contributed by atoms with van der Waals surface area (Å²) in [5, 5.41) is 14.2. The molecular formula is C14H12F3N5. The summed E-state index contributed by atoms with van der Waals surface area (Å²) < 4.78 is 39.5. The van der Waals surface area contributed by atoms with Crippen molar-refractivity contribution in [3.05, 3.63) is 53.6 Å². The van der Waals surface area contributed by atoms with Crippen molar-refractivity contribution < 1.29 is 13.2 Å². The molecule has 0 spiro atoms. The van der Waals surface area contributed by atoms with E-state index in [-0.39, 0.29) is 17.5 Å². The van der Waals surface area contributed by atoms with Gasteiger partial charge in [0.25, 0.3) is 6.43 Å². The molecule has 0 saturated heterocycles. The number of hydrogen-bond acceptors (Lipinski definition) is 4. The molecule has 3 aromatic rings. The van der Waals surface area contributed by atoms with Gasteiger partial charge in [-0.1, -0.05) is 12.1 Å². The highest BCUT2D eigenvalue weighted by atomic mass is 19.3. The summed E-state index contributed by atoms with van der Waals surface area (Å²) in [4.78, 5) is 0. The fourth-order valence-electron chi connectivity index (χ4n) is 2.08. The number of aromatic nitrogens is 4. The number of nitrogens with zero attached hydrogens (tertiary/aromatic N) is 4. The molecule has 3 rings (SSSR count). The summed E-state index contributed by atoms with van der Waals surface area (Å²) in [6.07, 6.45) is -2.76. The molecular weight excluding hydrogens is 295 g/mol. The number of rotatable bonds is 4. The summed E-state index contributed by atoms with van der Waals surface area (Å²) in [5.41, 5.74) is 1.09. The SMILES string of the molecule is C[C@@H](Nc1ccc2nnc(C(F)F)n2n1)c1ccc(F)cc1. The summed E-state index contributed by atoms with van der Waals surface area (Å²) in [7, 11) is 0. The quantitative estimate of drug-likeness (QED) is 0.803. The number of fused-ring (bicyclic) bond motifs is 1. The number of nitrogens with one attached hydrogen (secondary N) is 1. The fraction of sp³-hybridized carbons (Fsp3) is 0.214. The molecule has 2 aromatic heterocycles. The molecule has 0 saturated carbocycles. The van der Waals surface area contributed by atoms with Gasteiger partial charge < -0.3 is 5.32 Å². The Balaban J connectivity index is 1.87. The van der Waals surface area contributed by atoms with Gasteiger partial charge in [0.15, 0.2) is 5.65 Å². The first kappa shape index (κ1) is 14.3. The molecule has 22 heavy (non-hydrogen) atoms. The third-order valence-corrected chi connectivity index (χ3v) is 3.22. The number of alkyl halides is 2. The molecule has 0 aliphatic rings. The number of hydrogen-bond donors (Lipinski definition) is 1. The molecule has 0 bridgehead atoms. The maximum Gasteiger partial charge on any atom is 0.299 e. The predicted molar refractivity (Wildman–Crippen MR) is 74.2 cm³/mol. The molecule has 1 aromatic carbocycles. The van der Waals surface area contributed by atoms with E-state index >= 15 is 0 Å². The second-order valence-corrected chi connectivity index (χ2v) is 4.77. The first-order valence-electron chi connectivity index (χ1n) is 6.57. The molecule has 0 aliphatic heterocycles. The van der Waals surface area contributed by atoms with Gasteiger partial charge >= 0.3 is 0 Å². The van der Waals surface area contributed by atoms with Crippen molar-refractivity contribution >= 4 is 11.5 Å². The zero-order valence-electron chi connectivity index (χ0n) is 11.5. The molecule has 0 amide bonds. The van der Waals surface area contributed by atoms with Crippen molar-refractivity contribution in [3.8, 4) is 0 Å². The Labute approximate surface area is 123 Å². The highest BCUT2D eigenvalue weighted by molar-refractivity contribution is 5.45. The van der Waals surface area contributed by atoms with E-state index in [4.69, 9.17) is 0 Å². The van der Waals surface area contributed by atoms with Crippen molar-refractivity contribution in [2.75, 3.05) is 5.32 Å². The lowest BCUT2D eigenvalue weighted by Gasteiger charge is -2.15. The van der Waals surface area contributed by atoms with Gasteiger partial charge in [0.05, 0.1) is 6.04 Å². The van der Waals surface area contributed by atoms with E-state index in [0.29, 0.717) is 5.82 Å². The predicted octanol–water partition coefficient (Wildman–Crippen LogP) is 3.37. The van der Waals surface area contributed by atoms with Crippen molar-refractivity contribution in [1.82, 2.24) is 19.8 Å². The van der Waals surface area contributed by atoms with E-state index < -0.39 is 12.2 Å². The van der Waals surface area contributed by atoms with Gasteiger partial charge in [-0.15, -0.1) is 15.3 Å². The van der Waals surface area contributed by atoms with Crippen LogP contribution in [-0.2, 0) is 0 Å². The Bertz CT molecular complexity index is 785. The zero-order chi connectivity index (χ0) is 15.7. The first-order chi connectivity index (χ1) is 10.5. The van der Waals surface area contributed by atoms with Crippen LogP contribution >= 0.6 is 0 Å². The van der Waals surface area contributed by atoms with Gasteiger partial charge in [-0.2, -0.15) is 4.52 Å². The molecule has 1 N–H and O–H groups in total. The van der Waals surface area contributed by atoms with Crippen LogP contribution in [0.4, 0.5) is 19.0 Å². The average molecular weight is 307 g/mol. The Hall–Kier alpha value is -2.64. The lowest BCUT2D eigenvalue weighted by Crippen LogP contribution is -2.10. The van der Waals surface area contributed by atoms with Crippen molar-refractivity contribution in [2.24, 2.45) is 0 Å². The van der Waals surface area contributed by atoms with Crippen LogP contribution in [-0.4, -0.2) is 19.8 Å². The van der Waals surface area contributed by atoms with Crippen LogP contribution in [0, 0.1) is 5.82 Å². The smallest absolute Gasteiger partial charge is 0.299 e. The lowest BCUT2D eigenvalue weighted by molar-refractivity contribution is 0.137. The Morgan fingerprint density at radius 2 is 1.77 bits per heavy atom. The van der Waals surface area contributed by atoms with Gasteiger partial charge in [0.2, 0.25) is 5.82 Å². The second-order valence-electron chi connectivity index (χ2n) is 4.77. The van der Waals surface area contributed by atoms with E-state index in [1.165, 1.54) is 12.1 Å². The van der Waals surface area contributed by atoms with Crippen molar-refractivity contribution in [1.29, 1.82) is 0 Å². The summed E-state index contributed by atoms with van der Waals surface area (Å²) in [6, 6.07) is 9.02. The van der Waals surface area contributed by atoms with E-state index in [9.17, 15) is 13.2 Å². The van der Waals surface area contributed by atoms with Gasteiger partial charge in [-0.3, -0.25) is 0 Å². The molecule has 1 atom stereocenters. The minimum Gasteiger partial charge on any atom is -0.362 e. The van der Waals surface area contributed by atoms with Crippen molar-refractivity contribution in [3.63, 3.8) is 0 Å². The van der Waals surface area contributed by atoms with Gasteiger partial charge in [-0.25, -0.2) is 13.2 Å². The molecule has 8 heteroatoms. The van der Waals surface area contributed by atoms with Crippen LogP contribution in [0.1, 0.15) is 30.8 Å². The van der Waals surface area contributed by atoms with E-state index in [2.05, 4.69) is 20.6 Å². The largest absolute Gasteiger partial charge is 0.362 e. The van der Waals surface area contributed by atoms with Gasteiger partial charge in [0.1, 0.15) is 11.6 Å². The van der Waals surface area contributed by atoms with Crippen molar-refractivity contribution in [2.45, 2.75) is 19.4 Å². The molecule has 114 valence electrons. The van der Waals surface area contributed by atoms with Crippen LogP contribution in [0.2, 0.25) is 0 Å². The minimum absolute atomic E-state index is 0.169. The third kappa shape index (κ3) is 2.72.